The molecule has 5 nitrogen and oxygen atoms in total. The van der Waals surface area contributed by atoms with Crippen LogP contribution in [0.5, 0.6) is 0 Å². The van der Waals surface area contributed by atoms with E-state index < -0.39 is 21.8 Å². The van der Waals surface area contributed by atoms with Gasteiger partial charge in [0.2, 0.25) is 0 Å². The number of benzene rings is 2. The van der Waals surface area contributed by atoms with Crippen molar-refractivity contribution in [3.8, 4) is 0 Å². The van der Waals surface area contributed by atoms with Crippen molar-refractivity contribution in [2.24, 2.45) is 0 Å². The Balaban J connectivity index is 2.16. The van der Waals surface area contributed by atoms with Crippen molar-refractivity contribution in [3.63, 3.8) is 0 Å². The van der Waals surface area contributed by atoms with E-state index in [0.717, 1.165) is 11.8 Å². The Labute approximate surface area is 139 Å². The third-order valence-corrected chi connectivity index (χ3v) is 4.88. The first kappa shape index (κ1) is 16.1. The van der Waals surface area contributed by atoms with Crippen LogP contribution in [0.4, 0.5) is 0 Å². The minimum atomic E-state index is -3.34. The molecule has 0 atom stereocenters. The van der Waals surface area contributed by atoms with Crippen molar-refractivity contribution in [1.29, 1.82) is 0 Å². The number of hydrogen-bond acceptors (Lipinski definition) is 5. The second-order valence-corrected chi connectivity index (χ2v) is 7.61. The lowest BCUT2D eigenvalue weighted by Crippen LogP contribution is -2.02. The van der Waals surface area contributed by atoms with Gasteiger partial charge < -0.3 is 4.74 Å². The Kier molecular flexibility index (Phi) is 3.85. The zero-order chi connectivity index (χ0) is 17.5. The predicted molar refractivity (Wildman–Crippen MR) is 88.6 cm³/mol. The molecule has 1 aliphatic rings. The first-order valence-corrected chi connectivity index (χ1v) is 9.05. The molecule has 3 rings (SSSR count). The number of sulfone groups is 1. The highest BCUT2D eigenvalue weighted by molar-refractivity contribution is 7.90. The molecule has 1 aliphatic heterocycles. The van der Waals surface area contributed by atoms with Crippen LogP contribution in [-0.4, -0.2) is 26.6 Å². The second kappa shape index (κ2) is 5.72. The van der Waals surface area contributed by atoms with Gasteiger partial charge in [0.1, 0.15) is 0 Å². The van der Waals surface area contributed by atoms with Crippen molar-refractivity contribution in [3.05, 3.63) is 65.2 Å². The molecule has 122 valence electrons. The number of aryl methyl sites for hydroxylation is 1. The molecule has 2 aromatic carbocycles. The van der Waals surface area contributed by atoms with Crippen LogP contribution in [0.25, 0.3) is 11.1 Å². The van der Waals surface area contributed by atoms with Crippen LogP contribution in [0.15, 0.2) is 53.4 Å². The topological polar surface area (TPSA) is 77.5 Å². The second-order valence-electron chi connectivity index (χ2n) is 5.59. The molecule has 0 aliphatic carbocycles. The number of cyclic esters (lactones) is 2. The van der Waals surface area contributed by atoms with Gasteiger partial charge in [-0.2, -0.15) is 0 Å². The summed E-state index contributed by atoms with van der Waals surface area (Å²) in [6, 6.07) is 13.0. The van der Waals surface area contributed by atoms with Gasteiger partial charge in [-0.3, -0.25) is 0 Å². The fourth-order valence-corrected chi connectivity index (χ4v) is 3.13. The zero-order valence-electron chi connectivity index (χ0n) is 13.1. The summed E-state index contributed by atoms with van der Waals surface area (Å²) in [6.07, 6.45) is 1.10. The van der Waals surface area contributed by atoms with E-state index in [-0.39, 0.29) is 16.0 Å². The Morgan fingerprint density at radius 2 is 1.17 bits per heavy atom. The van der Waals surface area contributed by atoms with Gasteiger partial charge in [-0.1, -0.05) is 42.0 Å². The molecule has 0 bridgehead atoms. The Bertz CT molecular complexity index is 965. The predicted octanol–water partition coefficient (Wildman–Crippen LogP) is 2.39. The first-order valence-electron chi connectivity index (χ1n) is 7.15. The number of ether oxygens (including phenoxy) is 1. The normalized spacial score (nSPS) is 14.9. The third-order valence-electron chi connectivity index (χ3n) is 3.76. The molecular formula is C18H14O5S. The molecule has 0 unspecified atom stereocenters. The maximum atomic E-state index is 12.1. The van der Waals surface area contributed by atoms with Gasteiger partial charge in [0.15, 0.2) is 9.84 Å². The van der Waals surface area contributed by atoms with E-state index in [2.05, 4.69) is 0 Å². The average Bonchev–Trinajstić information content (AvgIpc) is 2.82. The molecule has 0 saturated carbocycles. The van der Waals surface area contributed by atoms with E-state index in [4.69, 9.17) is 4.74 Å². The molecule has 1 heterocycles. The molecule has 6 heteroatoms. The van der Waals surface area contributed by atoms with Crippen LogP contribution >= 0.6 is 0 Å². The van der Waals surface area contributed by atoms with Crippen LogP contribution in [0, 0.1) is 6.92 Å². The van der Waals surface area contributed by atoms with Gasteiger partial charge in [0.25, 0.3) is 0 Å². The molecule has 0 saturated heterocycles. The summed E-state index contributed by atoms with van der Waals surface area (Å²) in [4.78, 5) is 24.3. The minimum absolute atomic E-state index is 0.140. The van der Waals surface area contributed by atoms with Gasteiger partial charge in [-0.25, -0.2) is 18.0 Å². The number of rotatable bonds is 3. The summed E-state index contributed by atoms with van der Waals surface area (Å²) in [6.45, 7) is 1.92. The number of carbonyl (C=O) groups is 2. The van der Waals surface area contributed by atoms with Gasteiger partial charge in [-0.05, 0) is 30.2 Å². The van der Waals surface area contributed by atoms with E-state index in [1.54, 1.807) is 12.1 Å². The van der Waals surface area contributed by atoms with Crippen molar-refractivity contribution < 1.29 is 22.7 Å². The summed E-state index contributed by atoms with van der Waals surface area (Å²) in [5.74, 6) is -1.44. The Morgan fingerprint density at radius 3 is 1.58 bits per heavy atom. The van der Waals surface area contributed by atoms with Crippen molar-refractivity contribution in [2.75, 3.05) is 6.26 Å². The molecule has 0 radical (unpaired) electrons. The molecule has 0 spiro atoms. The number of hydrogen-bond donors (Lipinski definition) is 0. The largest absolute Gasteiger partial charge is 0.386 e. The zero-order valence-corrected chi connectivity index (χ0v) is 13.9. The minimum Gasteiger partial charge on any atom is -0.386 e. The standard InChI is InChI=1S/C18H14O5S/c1-11-3-5-12(6-4-11)15-16(18(20)23-17(15)19)13-7-9-14(10-8-13)24(2,21)22/h3-10H,1-2H3. The summed E-state index contributed by atoms with van der Waals surface area (Å²) in [5, 5.41) is 0. The lowest BCUT2D eigenvalue weighted by atomic mass is 9.96. The van der Waals surface area contributed by atoms with Crippen LogP contribution < -0.4 is 0 Å². The van der Waals surface area contributed by atoms with E-state index in [0.29, 0.717) is 11.1 Å². The summed E-state index contributed by atoms with van der Waals surface area (Å²) < 4.78 is 27.8. The highest BCUT2D eigenvalue weighted by atomic mass is 32.2. The smallest absolute Gasteiger partial charge is 0.347 e. The van der Waals surface area contributed by atoms with Crippen LogP contribution in [0.2, 0.25) is 0 Å². The Hall–Kier alpha value is -2.73. The lowest BCUT2D eigenvalue weighted by Gasteiger charge is -2.05. The summed E-state index contributed by atoms with van der Waals surface area (Å²) in [7, 11) is -3.34. The van der Waals surface area contributed by atoms with Gasteiger partial charge in [0.05, 0.1) is 16.0 Å². The third kappa shape index (κ3) is 2.88. The molecule has 0 amide bonds. The average molecular weight is 342 g/mol. The summed E-state index contributed by atoms with van der Waals surface area (Å²) in [5.41, 5.74) is 2.37. The van der Waals surface area contributed by atoms with E-state index in [9.17, 15) is 18.0 Å². The van der Waals surface area contributed by atoms with E-state index in [1.807, 2.05) is 19.1 Å². The first-order chi connectivity index (χ1) is 11.3. The van der Waals surface area contributed by atoms with Gasteiger partial charge in [-0.15, -0.1) is 0 Å². The SMILES string of the molecule is Cc1ccc(C2=C(c3ccc(S(C)(=O)=O)cc3)C(=O)OC2=O)cc1. The number of carbonyl (C=O) groups excluding carboxylic acids is 2. The van der Waals surface area contributed by atoms with E-state index >= 15 is 0 Å². The quantitative estimate of drug-likeness (QED) is 0.632. The monoisotopic (exact) mass is 342 g/mol. The highest BCUT2D eigenvalue weighted by Gasteiger charge is 2.34. The van der Waals surface area contributed by atoms with Crippen molar-refractivity contribution in [2.45, 2.75) is 11.8 Å². The van der Waals surface area contributed by atoms with Crippen LogP contribution in [-0.2, 0) is 24.2 Å². The fraction of sp³-hybridized carbons (Fsp3) is 0.111. The van der Waals surface area contributed by atoms with E-state index in [1.165, 1.54) is 24.3 Å². The molecule has 2 aromatic rings. The Morgan fingerprint density at radius 1 is 0.750 bits per heavy atom. The van der Waals surface area contributed by atoms with Crippen molar-refractivity contribution >= 4 is 32.9 Å². The van der Waals surface area contributed by atoms with Gasteiger partial charge in [0, 0.05) is 6.26 Å². The maximum absolute atomic E-state index is 12.1. The molecule has 0 fully saturated rings. The maximum Gasteiger partial charge on any atom is 0.347 e. The van der Waals surface area contributed by atoms with Crippen LogP contribution in [0.1, 0.15) is 16.7 Å². The lowest BCUT2D eigenvalue weighted by molar-refractivity contribution is -0.149. The highest BCUT2D eigenvalue weighted by Crippen LogP contribution is 2.34. The summed E-state index contributed by atoms with van der Waals surface area (Å²) >= 11 is 0. The molecule has 24 heavy (non-hydrogen) atoms. The number of esters is 2. The fourth-order valence-electron chi connectivity index (χ4n) is 2.50. The van der Waals surface area contributed by atoms with Crippen LogP contribution in [0.3, 0.4) is 0 Å². The van der Waals surface area contributed by atoms with Crippen molar-refractivity contribution in [1.82, 2.24) is 0 Å². The molecule has 0 aromatic heterocycles. The molecule has 0 N–H and O–H groups in total. The van der Waals surface area contributed by atoms with Gasteiger partial charge >= 0.3 is 11.9 Å². The molecular weight excluding hydrogens is 328 g/mol.